The van der Waals surface area contributed by atoms with Gasteiger partial charge in [-0.25, -0.2) is 4.79 Å². The zero-order valence-corrected chi connectivity index (χ0v) is 8.70. The van der Waals surface area contributed by atoms with Crippen LogP contribution in [0.2, 0.25) is 0 Å². The van der Waals surface area contributed by atoms with Crippen LogP contribution in [0.1, 0.15) is 39.0 Å². The van der Waals surface area contributed by atoms with Gasteiger partial charge in [0.25, 0.3) is 0 Å². The number of carbonyl (C=O) groups is 1. The predicted octanol–water partition coefficient (Wildman–Crippen LogP) is 1.94. The summed E-state index contributed by atoms with van der Waals surface area (Å²) < 4.78 is 0. The molecule has 1 aliphatic rings. The molecule has 0 saturated heterocycles. The van der Waals surface area contributed by atoms with Gasteiger partial charge >= 0.3 is 5.97 Å². The summed E-state index contributed by atoms with van der Waals surface area (Å²) >= 11 is 0. The first-order chi connectivity index (χ1) is 6.68. The molecule has 1 unspecified atom stereocenters. The Labute approximate surface area is 85.2 Å². The van der Waals surface area contributed by atoms with Crippen LogP contribution >= 0.6 is 0 Å². The van der Waals surface area contributed by atoms with Gasteiger partial charge in [-0.15, -0.1) is 0 Å². The molecule has 3 nitrogen and oxygen atoms in total. The molecule has 0 heterocycles. The maximum absolute atomic E-state index is 10.3. The highest BCUT2D eigenvalue weighted by molar-refractivity contribution is 5.79. The van der Waals surface area contributed by atoms with Crippen LogP contribution in [0.4, 0.5) is 0 Å². The fourth-order valence-corrected chi connectivity index (χ4v) is 1.92. The summed E-state index contributed by atoms with van der Waals surface area (Å²) in [5.74, 6) is -0.873. The van der Waals surface area contributed by atoms with Gasteiger partial charge in [0.1, 0.15) is 0 Å². The minimum Gasteiger partial charge on any atom is -0.478 e. The maximum atomic E-state index is 10.3. The largest absolute Gasteiger partial charge is 0.478 e. The molecule has 14 heavy (non-hydrogen) atoms. The Morgan fingerprint density at radius 3 is 2.64 bits per heavy atom. The van der Waals surface area contributed by atoms with E-state index >= 15 is 0 Å². The van der Waals surface area contributed by atoms with Crippen LogP contribution in [0.3, 0.4) is 0 Å². The first kappa shape index (κ1) is 11.2. The fraction of sp³-hybridized carbons (Fsp3) is 0.727. The van der Waals surface area contributed by atoms with E-state index in [1.54, 1.807) is 6.08 Å². The van der Waals surface area contributed by atoms with Gasteiger partial charge in [-0.2, -0.15) is 0 Å². The van der Waals surface area contributed by atoms with Crippen LogP contribution in [0.15, 0.2) is 12.2 Å². The molecule has 80 valence electrons. The van der Waals surface area contributed by atoms with E-state index in [1.165, 1.54) is 38.2 Å². The predicted molar refractivity (Wildman–Crippen MR) is 56.2 cm³/mol. The average molecular weight is 197 g/mol. The van der Waals surface area contributed by atoms with Crippen molar-refractivity contribution in [3.8, 4) is 0 Å². The fourth-order valence-electron chi connectivity index (χ4n) is 1.92. The summed E-state index contributed by atoms with van der Waals surface area (Å²) in [6.45, 7) is 1.99. The second-order valence-corrected chi connectivity index (χ2v) is 3.99. The molecule has 3 heteroatoms. The van der Waals surface area contributed by atoms with Crippen molar-refractivity contribution < 1.29 is 9.90 Å². The molecule has 0 aliphatic heterocycles. The molecule has 1 saturated carbocycles. The van der Waals surface area contributed by atoms with Crippen LogP contribution in [-0.2, 0) is 4.79 Å². The van der Waals surface area contributed by atoms with Gasteiger partial charge in [-0.3, -0.25) is 0 Å². The van der Waals surface area contributed by atoms with Crippen LogP contribution < -0.4 is 5.32 Å². The monoisotopic (exact) mass is 197 g/mol. The average Bonchev–Trinajstić information content (AvgIpc) is 2.16. The number of carboxylic acids is 1. The first-order valence-electron chi connectivity index (χ1n) is 5.35. The van der Waals surface area contributed by atoms with Gasteiger partial charge in [0.05, 0.1) is 0 Å². The van der Waals surface area contributed by atoms with E-state index < -0.39 is 5.97 Å². The number of carboxylic acid groups (broad SMARTS) is 1. The maximum Gasteiger partial charge on any atom is 0.328 e. The molecule has 0 aromatic rings. The van der Waals surface area contributed by atoms with E-state index in [9.17, 15) is 4.79 Å². The lowest BCUT2D eigenvalue weighted by Gasteiger charge is -2.25. The molecule has 0 amide bonds. The van der Waals surface area contributed by atoms with Gasteiger partial charge < -0.3 is 10.4 Å². The summed E-state index contributed by atoms with van der Waals surface area (Å²) in [5, 5.41) is 11.9. The molecule has 0 aromatic heterocycles. The van der Waals surface area contributed by atoms with Crippen LogP contribution in [0, 0.1) is 0 Å². The van der Waals surface area contributed by atoms with Crippen molar-refractivity contribution in [1.82, 2.24) is 5.32 Å². The topological polar surface area (TPSA) is 49.3 Å². The van der Waals surface area contributed by atoms with Crippen molar-refractivity contribution in [3.05, 3.63) is 12.2 Å². The Morgan fingerprint density at radius 2 is 2.07 bits per heavy atom. The summed E-state index contributed by atoms with van der Waals surface area (Å²) in [7, 11) is 0. The van der Waals surface area contributed by atoms with Gasteiger partial charge in [0, 0.05) is 18.2 Å². The standard InChI is InChI=1S/C11H19NO2/c1-9(7-8-11(13)14)12-10-5-3-2-4-6-10/h7-10,12H,2-6H2,1H3,(H,13,14)/b8-7+. The quantitative estimate of drug-likeness (QED) is 0.677. The van der Waals surface area contributed by atoms with Crippen LogP contribution in [0.25, 0.3) is 0 Å². The minimum absolute atomic E-state index is 0.161. The lowest BCUT2D eigenvalue weighted by molar-refractivity contribution is -0.131. The zero-order chi connectivity index (χ0) is 10.4. The molecule has 0 spiro atoms. The lowest BCUT2D eigenvalue weighted by Crippen LogP contribution is -2.36. The van der Waals surface area contributed by atoms with Gasteiger partial charge in [-0.05, 0) is 19.8 Å². The summed E-state index contributed by atoms with van der Waals surface area (Å²) in [6, 6.07) is 0.742. The second kappa shape index (κ2) is 5.81. The number of aliphatic carboxylic acids is 1. The van der Waals surface area contributed by atoms with Crippen molar-refractivity contribution in [1.29, 1.82) is 0 Å². The van der Waals surface area contributed by atoms with Gasteiger partial charge in [0.15, 0.2) is 0 Å². The highest BCUT2D eigenvalue weighted by Gasteiger charge is 2.13. The molecule has 1 aliphatic carbocycles. The minimum atomic E-state index is -0.873. The Morgan fingerprint density at radius 1 is 1.43 bits per heavy atom. The smallest absolute Gasteiger partial charge is 0.328 e. The molecule has 1 rings (SSSR count). The van der Waals surface area contributed by atoms with Crippen molar-refractivity contribution in [2.45, 2.75) is 51.1 Å². The number of hydrogen-bond donors (Lipinski definition) is 2. The molecule has 1 fully saturated rings. The highest BCUT2D eigenvalue weighted by Crippen LogP contribution is 2.17. The number of hydrogen-bond acceptors (Lipinski definition) is 2. The van der Waals surface area contributed by atoms with E-state index in [-0.39, 0.29) is 6.04 Å². The number of nitrogens with one attached hydrogen (secondary N) is 1. The number of rotatable bonds is 4. The Kier molecular flexibility index (Phi) is 4.66. The molecule has 0 bridgehead atoms. The summed E-state index contributed by atoms with van der Waals surface area (Å²) in [5.41, 5.74) is 0. The molecule has 2 N–H and O–H groups in total. The normalized spacial score (nSPS) is 21.2. The van der Waals surface area contributed by atoms with Gasteiger partial charge in [-0.1, -0.05) is 25.3 Å². The lowest BCUT2D eigenvalue weighted by atomic mass is 9.95. The van der Waals surface area contributed by atoms with Crippen molar-refractivity contribution in [2.24, 2.45) is 0 Å². The summed E-state index contributed by atoms with van der Waals surface area (Å²) in [6.07, 6.45) is 9.31. The Bertz CT molecular complexity index is 207. The van der Waals surface area contributed by atoms with E-state index in [4.69, 9.17) is 5.11 Å². The van der Waals surface area contributed by atoms with E-state index in [0.29, 0.717) is 6.04 Å². The Balaban J connectivity index is 2.24. The molecule has 1 atom stereocenters. The van der Waals surface area contributed by atoms with Crippen molar-refractivity contribution in [2.75, 3.05) is 0 Å². The highest BCUT2D eigenvalue weighted by atomic mass is 16.4. The SMILES string of the molecule is CC(/C=C/C(=O)O)NC1CCCCC1. The van der Waals surface area contributed by atoms with Crippen molar-refractivity contribution in [3.63, 3.8) is 0 Å². The van der Waals surface area contributed by atoms with Crippen LogP contribution in [-0.4, -0.2) is 23.2 Å². The first-order valence-corrected chi connectivity index (χ1v) is 5.35. The second-order valence-electron chi connectivity index (χ2n) is 3.99. The molecular weight excluding hydrogens is 178 g/mol. The third kappa shape index (κ3) is 4.42. The van der Waals surface area contributed by atoms with Gasteiger partial charge in [0.2, 0.25) is 0 Å². The van der Waals surface area contributed by atoms with Crippen molar-refractivity contribution >= 4 is 5.97 Å². The molecule has 0 aromatic carbocycles. The molecule has 0 radical (unpaired) electrons. The van der Waals surface area contributed by atoms with E-state index in [0.717, 1.165) is 0 Å². The molecular formula is C11H19NO2. The zero-order valence-electron chi connectivity index (χ0n) is 8.70. The van der Waals surface area contributed by atoms with E-state index in [2.05, 4.69) is 5.32 Å². The summed E-state index contributed by atoms with van der Waals surface area (Å²) in [4.78, 5) is 10.3. The van der Waals surface area contributed by atoms with E-state index in [1.807, 2.05) is 6.92 Å². The Hall–Kier alpha value is -0.830. The third-order valence-electron chi connectivity index (χ3n) is 2.63. The van der Waals surface area contributed by atoms with Crippen LogP contribution in [0.5, 0.6) is 0 Å². The third-order valence-corrected chi connectivity index (χ3v) is 2.63.